The van der Waals surface area contributed by atoms with Gasteiger partial charge >= 0.3 is 12.0 Å². The Morgan fingerprint density at radius 1 is 1.05 bits per heavy atom. The van der Waals surface area contributed by atoms with Crippen LogP contribution in [0, 0.1) is 13.8 Å². The first-order valence-electron chi connectivity index (χ1n) is 6.68. The molecule has 21 heavy (non-hydrogen) atoms. The Kier molecular flexibility index (Phi) is 4.71. The minimum Gasteiger partial charge on any atom is -0.464 e. The molecule has 0 aliphatic rings. The van der Waals surface area contributed by atoms with E-state index < -0.39 is 0 Å². The van der Waals surface area contributed by atoms with Crippen LogP contribution >= 0.6 is 0 Å². The van der Waals surface area contributed by atoms with E-state index in [9.17, 15) is 4.79 Å². The van der Waals surface area contributed by atoms with Gasteiger partial charge in [-0.1, -0.05) is 6.07 Å². The van der Waals surface area contributed by atoms with Crippen molar-refractivity contribution in [3.05, 3.63) is 41.7 Å². The number of urea groups is 1. The van der Waals surface area contributed by atoms with Gasteiger partial charge in [-0.05, 0) is 44.0 Å². The molecule has 1 heterocycles. The zero-order valence-electron chi connectivity index (χ0n) is 12.3. The number of carbonyl (C=O) groups excluding carboxylic acids is 1. The van der Waals surface area contributed by atoms with Crippen molar-refractivity contribution in [2.75, 3.05) is 17.2 Å². The number of aryl methyl sites for hydroxylation is 2. The molecule has 0 atom stereocenters. The van der Waals surface area contributed by atoms with Gasteiger partial charge in [-0.2, -0.15) is 0 Å². The molecule has 0 radical (unpaired) electrons. The molecule has 0 aliphatic carbocycles. The molecule has 2 N–H and O–H groups in total. The minimum absolute atomic E-state index is 0.290. The summed E-state index contributed by atoms with van der Waals surface area (Å²) in [7, 11) is 0. The lowest BCUT2D eigenvalue weighted by molar-refractivity contribution is 0.262. The van der Waals surface area contributed by atoms with Crippen LogP contribution in [-0.4, -0.2) is 22.6 Å². The lowest BCUT2D eigenvalue weighted by Gasteiger charge is -2.09. The Hall–Kier alpha value is -2.63. The molecule has 2 rings (SSSR count). The molecule has 0 fully saturated rings. The summed E-state index contributed by atoms with van der Waals surface area (Å²) in [4.78, 5) is 19.9. The highest BCUT2D eigenvalue weighted by Gasteiger charge is 2.05. The van der Waals surface area contributed by atoms with Crippen molar-refractivity contribution in [2.24, 2.45) is 0 Å². The second-order valence-electron chi connectivity index (χ2n) is 4.64. The van der Waals surface area contributed by atoms with Crippen molar-refractivity contribution in [1.82, 2.24) is 9.97 Å². The van der Waals surface area contributed by atoms with Crippen molar-refractivity contribution in [3.8, 4) is 6.01 Å². The van der Waals surface area contributed by atoms with E-state index in [4.69, 9.17) is 4.74 Å². The number of rotatable bonds is 4. The fourth-order valence-corrected chi connectivity index (χ4v) is 1.92. The molecule has 0 saturated carbocycles. The zero-order valence-corrected chi connectivity index (χ0v) is 12.3. The van der Waals surface area contributed by atoms with E-state index >= 15 is 0 Å². The maximum Gasteiger partial charge on any atom is 0.323 e. The van der Waals surface area contributed by atoms with Crippen LogP contribution in [0.2, 0.25) is 0 Å². The fraction of sp³-hybridized carbons (Fsp3) is 0.267. The SMILES string of the molecule is CCOc1ncc(NC(=O)Nc2cc(C)cc(C)c2)cn1. The normalized spacial score (nSPS) is 10.0. The van der Waals surface area contributed by atoms with Gasteiger partial charge in [0.15, 0.2) is 0 Å². The van der Waals surface area contributed by atoms with E-state index in [0.29, 0.717) is 12.3 Å². The van der Waals surface area contributed by atoms with Gasteiger partial charge in [-0.3, -0.25) is 0 Å². The number of ether oxygens (including phenoxy) is 1. The highest BCUT2D eigenvalue weighted by Crippen LogP contribution is 2.14. The van der Waals surface area contributed by atoms with Crippen LogP contribution in [0.5, 0.6) is 6.01 Å². The third kappa shape index (κ3) is 4.45. The van der Waals surface area contributed by atoms with E-state index in [-0.39, 0.29) is 12.0 Å². The second kappa shape index (κ2) is 6.69. The van der Waals surface area contributed by atoms with Gasteiger partial charge in [-0.15, -0.1) is 0 Å². The quantitative estimate of drug-likeness (QED) is 0.905. The van der Waals surface area contributed by atoms with Crippen LogP contribution in [0.25, 0.3) is 0 Å². The van der Waals surface area contributed by atoms with Crippen molar-refractivity contribution >= 4 is 17.4 Å². The first kappa shape index (κ1) is 14.8. The maximum absolute atomic E-state index is 11.9. The van der Waals surface area contributed by atoms with E-state index in [0.717, 1.165) is 16.8 Å². The summed E-state index contributed by atoms with van der Waals surface area (Å²) in [5.74, 6) is 0. The standard InChI is InChI=1S/C15H18N4O2/c1-4-21-15-16-8-13(9-17-15)19-14(20)18-12-6-10(2)5-11(3)7-12/h5-9H,4H2,1-3H3,(H2,18,19,20). The molecule has 0 bridgehead atoms. The number of hydrogen-bond acceptors (Lipinski definition) is 4. The molecular formula is C15H18N4O2. The van der Waals surface area contributed by atoms with Gasteiger partial charge in [-0.25, -0.2) is 14.8 Å². The van der Waals surface area contributed by atoms with Crippen molar-refractivity contribution in [1.29, 1.82) is 0 Å². The zero-order chi connectivity index (χ0) is 15.2. The summed E-state index contributed by atoms with van der Waals surface area (Å²) < 4.78 is 5.14. The molecule has 0 saturated heterocycles. The Morgan fingerprint density at radius 2 is 1.62 bits per heavy atom. The predicted octanol–water partition coefficient (Wildman–Crippen LogP) is 3.14. The van der Waals surface area contributed by atoms with Gasteiger partial charge in [0.1, 0.15) is 0 Å². The minimum atomic E-state index is -0.340. The third-order valence-corrected chi connectivity index (χ3v) is 2.64. The molecule has 2 aromatic rings. The van der Waals surface area contributed by atoms with Crippen LogP contribution in [-0.2, 0) is 0 Å². The van der Waals surface area contributed by atoms with Gasteiger partial charge in [0, 0.05) is 5.69 Å². The van der Waals surface area contributed by atoms with Crippen LogP contribution in [0.3, 0.4) is 0 Å². The molecule has 0 unspecified atom stereocenters. The van der Waals surface area contributed by atoms with E-state index in [1.807, 2.05) is 39.0 Å². The topological polar surface area (TPSA) is 76.1 Å². The van der Waals surface area contributed by atoms with E-state index in [1.54, 1.807) is 0 Å². The van der Waals surface area contributed by atoms with Gasteiger partial charge in [0.25, 0.3) is 0 Å². The van der Waals surface area contributed by atoms with Gasteiger partial charge < -0.3 is 15.4 Å². The molecule has 6 nitrogen and oxygen atoms in total. The highest BCUT2D eigenvalue weighted by molar-refractivity contribution is 5.99. The van der Waals surface area contributed by atoms with E-state index in [2.05, 4.69) is 20.6 Å². The number of aromatic nitrogens is 2. The number of amides is 2. The van der Waals surface area contributed by atoms with Crippen molar-refractivity contribution in [2.45, 2.75) is 20.8 Å². The van der Waals surface area contributed by atoms with Crippen LogP contribution in [0.4, 0.5) is 16.2 Å². The number of carbonyl (C=O) groups is 1. The monoisotopic (exact) mass is 286 g/mol. The molecule has 0 spiro atoms. The average molecular weight is 286 g/mol. The molecule has 1 aromatic heterocycles. The summed E-state index contributed by atoms with van der Waals surface area (Å²) in [5, 5.41) is 5.44. The number of benzene rings is 1. The molecule has 0 aliphatic heterocycles. The lowest BCUT2D eigenvalue weighted by Crippen LogP contribution is -2.19. The molecule has 1 aromatic carbocycles. The number of hydrogen-bond donors (Lipinski definition) is 2. The van der Waals surface area contributed by atoms with Crippen LogP contribution in [0.1, 0.15) is 18.1 Å². The fourth-order valence-electron chi connectivity index (χ4n) is 1.92. The predicted molar refractivity (Wildman–Crippen MR) is 81.8 cm³/mol. The van der Waals surface area contributed by atoms with Gasteiger partial charge in [0.2, 0.25) is 0 Å². The van der Waals surface area contributed by atoms with Crippen LogP contribution in [0.15, 0.2) is 30.6 Å². The van der Waals surface area contributed by atoms with E-state index in [1.165, 1.54) is 12.4 Å². The first-order chi connectivity index (χ1) is 10.1. The largest absolute Gasteiger partial charge is 0.464 e. The Bertz CT molecular complexity index is 606. The molecule has 6 heteroatoms. The maximum atomic E-state index is 11.9. The molecule has 2 amide bonds. The summed E-state index contributed by atoms with van der Waals surface area (Å²) in [6.07, 6.45) is 3.00. The molecule has 110 valence electrons. The summed E-state index contributed by atoms with van der Waals surface area (Å²) in [6, 6.07) is 5.80. The summed E-state index contributed by atoms with van der Waals surface area (Å²) in [6.45, 7) is 6.32. The summed E-state index contributed by atoms with van der Waals surface area (Å²) in [5.41, 5.74) is 3.43. The Balaban J connectivity index is 1.97. The van der Waals surface area contributed by atoms with Crippen molar-refractivity contribution < 1.29 is 9.53 Å². The number of nitrogens with zero attached hydrogens (tertiary/aromatic N) is 2. The average Bonchev–Trinajstić information content (AvgIpc) is 2.40. The van der Waals surface area contributed by atoms with Gasteiger partial charge in [0.05, 0.1) is 24.7 Å². The number of anilines is 2. The lowest BCUT2D eigenvalue weighted by atomic mass is 10.1. The smallest absolute Gasteiger partial charge is 0.323 e. The van der Waals surface area contributed by atoms with Crippen LogP contribution < -0.4 is 15.4 Å². The third-order valence-electron chi connectivity index (χ3n) is 2.64. The summed E-state index contributed by atoms with van der Waals surface area (Å²) >= 11 is 0. The molecular weight excluding hydrogens is 268 g/mol. The number of nitrogens with one attached hydrogen (secondary N) is 2. The second-order valence-corrected chi connectivity index (χ2v) is 4.64. The van der Waals surface area contributed by atoms with Crippen molar-refractivity contribution in [3.63, 3.8) is 0 Å². The Labute approximate surface area is 123 Å². The Morgan fingerprint density at radius 3 is 2.19 bits per heavy atom. The highest BCUT2D eigenvalue weighted by atomic mass is 16.5. The first-order valence-corrected chi connectivity index (χ1v) is 6.68.